The number of nitrogens with zero attached hydrogens (tertiary/aromatic N) is 1. The molecule has 1 fully saturated rings. The van der Waals surface area contributed by atoms with Gasteiger partial charge in [-0.25, -0.2) is 0 Å². The molecule has 0 aliphatic carbocycles. The maximum absolute atomic E-state index is 11.6. The summed E-state index contributed by atoms with van der Waals surface area (Å²) in [4.78, 5) is 18.5. The molecule has 0 bridgehead atoms. The van der Waals surface area contributed by atoms with Crippen LogP contribution in [-0.2, 0) is 9.53 Å². The van der Waals surface area contributed by atoms with E-state index in [2.05, 4.69) is 49.2 Å². The maximum atomic E-state index is 11.6. The van der Waals surface area contributed by atoms with Gasteiger partial charge in [-0.2, -0.15) is 0 Å². The Morgan fingerprint density at radius 3 is 2.67 bits per heavy atom. The second-order valence-electron chi connectivity index (χ2n) is 7.87. The third kappa shape index (κ3) is 4.74. The van der Waals surface area contributed by atoms with Crippen LogP contribution in [0.15, 0.2) is 70.6 Å². The second-order valence-corrected chi connectivity index (χ2v) is 8.95. The van der Waals surface area contributed by atoms with Crippen molar-refractivity contribution >= 4 is 34.7 Å². The topological polar surface area (TPSA) is 59.4 Å². The van der Waals surface area contributed by atoms with Crippen LogP contribution < -0.4 is 0 Å². The number of aliphatic hydroxyl groups excluding tert-OH is 1. The first-order chi connectivity index (χ1) is 14.5. The molecule has 4 nitrogen and oxygen atoms in total. The van der Waals surface area contributed by atoms with Gasteiger partial charge in [0, 0.05) is 33.4 Å². The van der Waals surface area contributed by atoms with E-state index in [1.807, 2.05) is 36.5 Å². The Hall–Kier alpha value is -2.63. The average Bonchev–Trinajstić information content (AvgIpc) is 2.73. The van der Waals surface area contributed by atoms with E-state index in [9.17, 15) is 9.90 Å². The summed E-state index contributed by atoms with van der Waals surface area (Å²) in [5, 5.41) is 10.9. The fourth-order valence-corrected chi connectivity index (χ4v) is 4.57. The molecule has 1 aromatic heterocycles. The Kier molecular flexibility index (Phi) is 6.21. The molecular weight excluding hydrogens is 394 g/mol. The van der Waals surface area contributed by atoms with Gasteiger partial charge in [0.1, 0.15) is 6.10 Å². The highest BCUT2D eigenvalue weighted by molar-refractivity contribution is 7.99. The van der Waals surface area contributed by atoms with Crippen molar-refractivity contribution in [2.24, 2.45) is 0 Å². The third-order valence-electron chi connectivity index (χ3n) is 5.20. The molecule has 0 unspecified atom stereocenters. The van der Waals surface area contributed by atoms with E-state index >= 15 is 0 Å². The Labute approximate surface area is 181 Å². The third-order valence-corrected chi connectivity index (χ3v) is 6.37. The van der Waals surface area contributed by atoms with Gasteiger partial charge in [0.15, 0.2) is 0 Å². The van der Waals surface area contributed by atoms with Crippen LogP contribution >= 0.6 is 11.8 Å². The monoisotopic (exact) mass is 419 g/mol. The van der Waals surface area contributed by atoms with Crippen molar-refractivity contribution in [3.05, 3.63) is 71.9 Å². The molecular formula is C25H25NO3S. The number of carbonyl (C=O) groups is 1. The van der Waals surface area contributed by atoms with Crippen LogP contribution in [0.25, 0.3) is 17.0 Å². The van der Waals surface area contributed by atoms with Crippen LogP contribution in [0.3, 0.4) is 0 Å². The molecule has 30 heavy (non-hydrogen) atoms. The van der Waals surface area contributed by atoms with Gasteiger partial charge in [-0.15, -0.1) is 0 Å². The first kappa shape index (κ1) is 20.6. The van der Waals surface area contributed by atoms with Crippen molar-refractivity contribution in [2.45, 2.75) is 54.6 Å². The van der Waals surface area contributed by atoms with Gasteiger partial charge in [0.25, 0.3) is 0 Å². The molecule has 3 aromatic rings. The first-order valence-corrected chi connectivity index (χ1v) is 11.0. The molecule has 2 atom stereocenters. The summed E-state index contributed by atoms with van der Waals surface area (Å²) in [6.07, 6.45) is 5.06. The average molecular weight is 420 g/mol. The van der Waals surface area contributed by atoms with Gasteiger partial charge < -0.3 is 9.84 Å². The normalized spacial score (nSPS) is 19.5. The minimum atomic E-state index is -0.649. The van der Waals surface area contributed by atoms with Crippen molar-refractivity contribution in [3.8, 4) is 0 Å². The fraction of sp³-hybridized carbons (Fsp3) is 0.280. The molecule has 2 aromatic carbocycles. The van der Waals surface area contributed by atoms with Crippen molar-refractivity contribution in [1.82, 2.24) is 4.98 Å². The lowest BCUT2D eigenvalue weighted by Crippen LogP contribution is -2.31. The number of rotatable bonds is 5. The molecule has 0 saturated carbocycles. The molecule has 1 aliphatic rings. The number of esters is 1. The zero-order valence-electron chi connectivity index (χ0n) is 17.1. The lowest BCUT2D eigenvalue weighted by Gasteiger charge is -2.23. The van der Waals surface area contributed by atoms with Crippen molar-refractivity contribution in [2.75, 3.05) is 0 Å². The number of aromatic nitrogens is 1. The number of aliphatic hydroxyl groups is 1. The van der Waals surface area contributed by atoms with Crippen molar-refractivity contribution in [1.29, 1.82) is 0 Å². The van der Waals surface area contributed by atoms with E-state index in [-0.39, 0.29) is 12.4 Å². The number of para-hydroxylation sites is 1. The Morgan fingerprint density at radius 2 is 1.93 bits per heavy atom. The summed E-state index contributed by atoms with van der Waals surface area (Å²) >= 11 is 1.70. The minimum Gasteiger partial charge on any atom is -0.458 e. The zero-order valence-corrected chi connectivity index (χ0v) is 17.9. The molecule has 1 aliphatic heterocycles. The second kappa shape index (κ2) is 9.02. The summed E-state index contributed by atoms with van der Waals surface area (Å²) < 4.78 is 5.35. The highest BCUT2D eigenvalue weighted by Crippen LogP contribution is 2.37. The molecule has 1 N–H and O–H groups in total. The summed E-state index contributed by atoms with van der Waals surface area (Å²) in [7, 11) is 0. The molecule has 0 amide bonds. The number of hydrogen-bond acceptors (Lipinski definition) is 5. The molecule has 4 rings (SSSR count). The molecule has 2 heterocycles. The van der Waals surface area contributed by atoms with Gasteiger partial charge in [-0.05, 0) is 35.8 Å². The largest absolute Gasteiger partial charge is 0.458 e. The molecule has 0 radical (unpaired) electrons. The van der Waals surface area contributed by atoms with Crippen LogP contribution in [0.1, 0.15) is 43.7 Å². The molecule has 154 valence electrons. The maximum Gasteiger partial charge on any atom is 0.309 e. The summed E-state index contributed by atoms with van der Waals surface area (Å²) in [5.41, 5.74) is 3.22. The zero-order chi connectivity index (χ0) is 21.1. The standard InChI is InChI=1S/C25H25NO3S/c1-16(2)17-8-11-21(12-9-17)30-25-18(15-26-23-6-4-3-5-22(23)25)7-10-20-13-19(27)14-24(28)29-20/h3-12,15-16,19-20,27H,13-14H2,1-2H3/b10-7+/t19-,20-/m1/s1. The van der Waals surface area contributed by atoms with Gasteiger partial charge >= 0.3 is 5.97 Å². The first-order valence-electron chi connectivity index (χ1n) is 10.2. The number of benzene rings is 2. The van der Waals surface area contributed by atoms with Crippen LogP contribution in [0.2, 0.25) is 0 Å². The van der Waals surface area contributed by atoms with Crippen LogP contribution in [0.4, 0.5) is 0 Å². The number of fused-ring (bicyclic) bond motifs is 1. The summed E-state index contributed by atoms with van der Waals surface area (Å²) in [5.74, 6) is 0.137. The molecule has 5 heteroatoms. The van der Waals surface area contributed by atoms with E-state index in [4.69, 9.17) is 4.74 Å². The number of pyridine rings is 1. The summed E-state index contributed by atoms with van der Waals surface area (Å²) in [6, 6.07) is 16.7. The molecule has 0 spiro atoms. The van der Waals surface area contributed by atoms with Crippen LogP contribution in [-0.4, -0.2) is 28.3 Å². The van der Waals surface area contributed by atoms with Gasteiger partial charge in [-0.3, -0.25) is 9.78 Å². The molecule has 1 saturated heterocycles. The Bertz CT molecular complexity index is 1080. The van der Waals surface area contributed by atoms with E-state index in [0.29, 0.717) is 12.3 Å². The van der Waals surface area contributed by atoms with E-state index in [0.717, 1.165) is 26.3 Å². The smallest absolute Gasteiger partial charge is 0.309 e. The van der Waals surface area contributed by atoms with E-state index in [1.165, 1.54) is 5.56 Å². The number of carbonyl (C=O) groups excluding carboxylic acids is 1. The predicted molar refractivity (Wildman–Crippen MR) is 121 cm³/mol. The van der Waals surface area contributed by atoms with Crippen LogP contribution in [0.5, 0.6) is 0 Å². The minimum absolute atomic E-state index is 0.0648. The number of cyclic esters (lactones) is 1. The SMILES string of the molecule is CC(C)c1ccc(Sc2c(/C=C/[C@@H]3C[C@@H](O)CC(=O)O3)cnc3ccccc23)cc1. The van der Waals surface area contributed by atoms with Crippen LogP contribution in [0, 0.1) is 0 Å². The van der Waals surface area contributed by atoms with Gasteiger partial charge in [-0.1, -0.05) is 62.0 Å². The predicted octanol–water partition coefficient (Wildman–Crippen LogP) is 5.59. The number of ether oxygens (including phenoxy) is 1. The summed E-state index contributed by atoms with van der Waals surface area (Å²) in [6.45, 7) is 4.38. The fourth-order valence-electron chi connectivity index (χ4n) is 3.54. The number of hydrogen-bond donors (Lipinski definition) is 1. The highest BCUT2D eigenvalue weighted by atomic mass is 32.2. The van der Waals surface area contributed by atoms with E-state index < -0.39 is 12.2 Å². The Balaban J connectivity index is 1.67. The lowest BCUT2D eigenvalue weighted by atomic mass is 10.0. The van der Waals surface area contributed by atoms with Crippen molar-refractivity contribution < 1.29 is 14.6 Å². The highest BCUT2D eigenvalue weighted by Gasteiger charge is 2.25. The van der Waals surface area contributed by atoms with Crippen molar-refractivity contribution in [3.63, 3.8) is 0 Å². The Morgan fingerprint density at radius 1 is 1.17 bits per heavy atom. The lowest BCUT2D eigenvalue weighted by molar-refractivity contribution is -0.156. The van der Waals surface area contributed by atoms with Gasteiger partial charge in [0.05, 0.1) is 18.0 Å². The quantitative estimate of drug-likeness (QED) is 0.546. The van der Waals surface area contributed by atoms with Gasteiger partial charge in [0.2, 0.25) is 0 Å². The van der Waals surface area contributed by atoms with E-state index in [1.54, 1.807) is 11.8 Å².